The van der Waals surface area contributed by atoms with Crippen molar-refractivity contribution in [2.75, 3.05) is 12.4 Å². The quantitative estimate of drug-likeness (QED) is 0.633. The van der Waals surface area contributed by atoms with Crippen LogP contribution in [-0.4, -0.2) is 7.05 Å². The van der Waals surface area contributed by atoms with Crippen molar-refractivity contribution in [3.8, 4) is 0 Å². The largest absolute Gasteiger partial charge is 0.388 e. The van der Waals surface area contributed by atoms with Crippen molar-refractivity contribution >= 4 is 28.6 Å². The van der Waals surface area contributed by atoms with Crippen molar-refractivity contribution in [3.05, 3.63) is 77.4 Å². The Hall–Kier alpha value is -2.54. The minimum absolute atomic E-state index is 1.13. The molecule has 0 bridgehead atoms. The Labute approximate surface area is 125 Å². The summed E-state index contributed by atoms with van der Waals surface area (Å²) in [5.41, 5.74) is 4.86. The van der Waals surface area contributed by atoms with E-state index in [0.29, 0.717) is 0 Å². The molecule has 0 aromatic heterocycles. The lowest BCUT2D eigenvalue weighted by molar-refractivity contribution is 1.50. The summed E-state index contributed by atoms with van der Waals surface area (Å²) in [6.07, 6.45) is 4.31. The van der Waals surface area contributed by atoms with Crippen molar-refractivity contribution < 1.29 is 0 Å². The molecule has 0 saturated carbocycles. The summed E-state index contributed by atoms with van der Waals surface area (Å²) < 4.78 is 0. The average Bonchev–Trinajstić information content (AvgIpc) is 2.53. The lowest BCUT2D eigenvalue weighted by Crippen LogP contribution is -1.86. The minimum atomic E-state index is 1.13. The van der Waals surface area contributed by atoms with Crippen molar-refractivity contribution in [2.24, 2.45) is 0 Å². The van der Waals surface area contributed by atoms with Crippen LogP contribution in [0.1, 0.15) is 16.7 Å². The first-order valence-corrected chi connectivity index (χ1v) is 7.21. The Balaban J connectivity index is 1.87. The predicted molar refractivity (Wildman–Crippen MR) is 93.6 cm³/mol. The first-order chi connectivity index (χ1) is 10.2. The third-order valence-electron chi connectivity index (χ3n) is 3.69. The number of hydrogen-bond acceptors (Lipinski definition) is 1. The third kappa shape index (κ3) is 3.14. The summed E-state index contributed by atoms with van der Waals surface area (Å²) in [7, 11) is 1.93. The van der Waals surface area contributed by atoms with Crippen LogP contribution in [0.15, 0.2) is 60.7 Å². The highest BCUT2D eigenvalue weighted by molar-refractivity contribution is 5.86. The zero-order chi connectivity index (χ0) is 14.7. The highest BCUT2D eigenvalue weighted by Gasteiger charge is 1.95. The van der Waals surface area contributed by atoms with E-state index in [1.165, 1.54) is 27.5 Å². The average molecular weight is 273 g/mol. The van der Waals surface area contributed by atoms with E-state index in [1.54, 1.807) is 0 Å². The van der Waals surface area contributed by atoms with Crippen LogP contribution in [0, 0.1) is 6.92 Å². The molecule has 0 aliphatic rings. The summed E-state index contributed by atoms with van der Waals surface area (Å²) in [4.78, 5) is 0. The number of nitrogens with one attached hydrogen (secondary N) is 1. The van der Waals surface area contributed by atoms with Gasteiger partial charge in [-0.05, 0) is 47.0 Å². The zero-order valence-corrected chi connectivity index (χ0v) is 12.4. The summed E-state index contributed by atoms with van der Waals surface area (Å²) in [5.74, 6) is 0. The fraction of sp³-hybridized carbons (Fsp3) is 0.100. The zero-order valence-electron chi connectivity index (χ0n) is 12.4. The third-order valence-corrected chi connectivity index (χ3v) is 3.69. The molecule has 1 heteroatoms. The van der Waals surface area contributed by atoms with Gasteiger partial charge in [0.2, 0.25) is 0 Å². The van der Waals surface area contributed by atoms with Crippen LogP contribution >= 0.6 is 0 Å². The molecule has 0 radical (unpaired) electrons. The van der Waals surface area contributed by atoms with Gasteiger partial charge in [0, 0.05) is 12.7 Å². The van der Waals surface area contributed by atoms with Crippen LogP contribution in [0.5, 0.6) is 0 Å². The normalized spacial score (nSPS) is 11.1. The highest BCUT2D eigenvalue weighted by atomic mass is 14.8. The van der Waals surface area contributed by atoms with Gasteiger partial charge in [-0.25, -0.2) is 0 Å². The number of hydrogen-bond donors (Lipinski definition) is 1. The molecule has 0 fully saturated rings. The summed E-state index contributed by atoms with van der Waals surface area (Å²) in [5, 5.41) is 5.71. The maximum atomic E-state index is 3.13. The van der Waals surface area contributed by atoms with Gasteiger partial charge in [0.1, 0.15) is 0 Å². The van der Waals surface area contributed by atoms with E-state index in [1.807, 2.05) is 7.05 Å². The first-order valence-electron chi connectivity index (χ1n) is 7.21. The van der Waals surface area contributed by atoms with Crippen molar-refractivity contribution in [1.82, 2.24) is 0 Å². The van der Waals surface area contributed by atoms with Crippen LogP contribution < -0.4 is 5.32 Å². The van der Waals surface area contributed by atoms with E-state index in [4.69, 9.17) is 0 Å². The van der Waals surface area contributed by atoms with Crippen molar-refractivity contribution in [2.45, 2.75) is 6.92 Å². The lowest BCUT2D eigenvalue weighted by Gasteiger charge is -2.02. The van der Waals surface area contributed by atoms with E-state index in [-0.39, 0.29) is 0 Å². The molecule has 104 valence electrons. The van der Waals surface area contributed by atoms with Gasteiger partial charge in [0.15, 0.2) is 0 Å². The second kappa shape index (κ2) is 5.84. The Kier molecular flexibility index (Phi) is 3.74. The molecule has 21 heavy (non-hydrogen) atoms. The van der Waals surface area contributed by atoms with Crippen LogP contribution in [0.4, 0.5) is 5.69 Å². The van der Waals surface area contributed by atoms with Gasteiger partial charge in [-0.15, -0.1) is 0 Å². The molecule has 3 aromatic carbocycles. The van der Waals surface area contributed by atoms with Crippen LogP contribution in [0.25, 0.3) is 22.9 Å². The molecule has 0 aliphatic heterocycles. The van der Waals surface area contributed by atoms with Gasteiger partial charge in [-0.1, -0.05) is 60.2 Å². The molecule has 0 heterocycles. The van der Waals surface area contributed by atoms with Crippen LogP contribution in [0.3, 0.4) is 0 Å². The molecular weight excluding hydrogens is 254 g/mol. The summed E-state index contributed by atoms with van der Waals surface area (Å²) >= 11 is 0. The molecule has 0 aliphatic carbocycles. The number of benzene rings is 3. The second-order valence-electron chi connectivity index (χ2n) is 5.32. The molecule has 3 aromatic rings. The van der Waals surface area contributed by atoms with Gasteiger partial charge in [0.05, 0.1) is 0 Å². The van der Waals surface area contributed by atoms with Gasteiger partial charge >= 0.3 is 0 Å². The van der Waals surface area contributed by atoms with Gasteiger partial charge in [-0.2, -0.15) is 0 Å². The van der Waals surface area contributed by atoms with E-state index in [9.17, 15) is 0 Å². The minimum Gasteiger partial charge on any atom is -0.388 e. The molecule has 1 nitrogen and oxygen atoms in total. The second-order valence-corrected chi connectivity index (χ2v) is 5.32. The lowest BCUT2D eigenvalue weighted by atomic mass is 10.0. The Morgan fingerprint density at radius 1 is 0.714 bits per heavy atom. The smallest absolute Gasteiger partial charge is 0.0337 e. The molecule has 0 unspecified atom stereocenters. The highest BCUT2D eigenvalue weighted by Crippen LogP contribution is 2.19. The van der Waals surface area contributed by atoms with Gasteiger partial charge in [0.25, 0.3) is 0 Å². The molecular formula is C20H19N. The predicted octanol–water partition coefficient (Wildman–Crippen LogP) is 5.36. The number of anilines is 1. The Morgan fingerprint density at radius 2 is 1.38 bits per heavy atom. The van der Waals surface area contributed by atoms with Crippen molar-refractivity contribution in [3.63, 3.8) is 0 Å². The fourth-order valence-electron chi connectivity index (χ4n) is 2.44. The number of fused-ring (bicyclic) bond motifs is 1. The molecule has 0 atom stereocenters. The summed E-state index contributed by atoms with van der Waals surface area (Å²) in [6, 6.07) is 21.5. The van der Waals surface area contributed by atoms with E-state index >= 15 is 0 Å². The topological polar surface area (TPSA) is 12.0 Å². The summed E-state index contributed by atoms with van der Waals surface area (Å²) in [6.45, 7) is 2.13. The maximum absolute atomic E-state index is 3.13. The van der Waals surface area contributed by atoms with E-state index < -0.39 is 0 Å². The molecule has 1 N–H and O–H groups in total. The van der Waals surface area contributed by atoms with E-state index in [0.717, 1.165) is 5.69 Å². The number of rotatable bonds is 3. The van der Waals surface area contributed by atoms with Crippen molar-refractivity contribution in [1.29, 1.82) is 0 Å². The van der Waals surface area contributed by atoms with Gasteiger partial charge < -0.3 is 5.32 Å². The molecule has 0 amide bonds. The van der Waals surface area contributed by atoms with Crippen LogP contribution in [-0.2, 0) is 0 Å². The molecule has 0 spiro atoms. The fourth-order valence-corrected chi connectivity index (χ4v) is 2.44. The maximum Gasteiger partial charge on any atom is 0.0337 e. The standard InChI is InChI=1S/C20H19N/c1-15-3-9-18-10-6-17(14-19(18)13-15)5-4-16-7-11-20(21-2)12-8-16/h3-14,21H,1-2H3/b5-4+. The monoisotopic (exact) mass is 273 g/mol. The van der Waals surface area contributed by atoms with Gasteiger partial charge in [-0.3, -0.25) is 0 Å². The molecule has 0 saturated heterocycles. The molecule has 3 rings (SSSR count). The van der Waals surface area contributed by atoms with E-state index in [2.05, 4.69) is 85.1 Å². The Morgan fingerprint density at radius 3 is 2.14 bits per heavy atom. The van der Waals surface area contributed by atoms with Crippen LogP contribution in [0.2, 0.25) is 0 Å². The first kappa shape index (κ1) is 13.4. The number of aryl methyl sites for hydroxylation is 1. The SMILES string of the molecule is CNc1ccc(/C=C/c2ccc3ccc(C)cc3c2)cc1. The Bertz CT molecular complexity index is 783.